The SMILES string of the molecule is CC(=O)OCc1c(-c2cc(Nc3cnc(N4CCN(C5COC5)CC4)cn3)c(=O)n(C)c2)ccnc1N1CCn2c(cc3c2CC(C)(C)C3)C1=O. The highest BCUT2D eigenvalue weighted by atomic mass is 16.5. The summed E-state index contributed by atoms with van der Waals surface area (Å²) in [5.41, 5.74) is 5.30. The molecular weight excluding hydrogens is 650 g/mol. The maximum absolute atomic E-state index is 14.0. The van der Waals surface area contributed by atoms with Gasteiger partial charge in [-0.15, -0.1) is 0 Å². The molecule has 1 N–H and O–H groups in total. The van der Waals surface area contributed by atoms with Crippen molar-refractivity contribution in [1.29, 1.82) is 0 Å². The summed E-state index contributed by atoms with van der Waals surface area (Å²) >= 11 is 0. The fraction of sp³-hybridized carbons (Fsp3) is 0.459. The molecule has 0 unspecified atom stereocenters. The standard InChI is InChI=1S/C37H43N9O5/c1-23(47)51-22-28-27(5-6-38-34(28)46-12-11-45-30(36(46)49)14-24-15-37(2,3)16-31(24)45)25-13-29(35(48)42(4)19-25)41-32-17-40-33(18-39-32)44-9-7-43(8-10-44)26-20-50-21-26/h5-6,13-14,17-19,26H,7-12,15-16,20-22H2,1-4H3,(H,39,41). The third-order valence-corrected chi connectivity index (χ3v) is 10.5. The molecule has 0 saturated carbocycles. The van der Waals surface area contributed by atoms with Crippen LogP contribution in [0, 0.1) is 5.41 Å². The van der Waals surface area contributed by atoms with E-state index >= 15 is 0 Å². The van der Waals surface area contributed by atoms with E-state index in [-0.39, 0.29) is 23.5 Å². The lowest BCUT2D eigenvalue weighted by Crippen LogP contribution is -2.56. The first kappa shape index (κ1) is 33.1. The number of anilines is 4. The van der Waals surface area contributed by atoms with Crippen molar-refractivity contribution in [2.75, 3.05) is 61.1 Å². The van der Waals surface area contributed by atoms with E-state index in [2.05, 4.69) is 48.5 Å². The van der Waals surface area contributed by atoms with Gasteiger partial charge in [0.25, 0.3) is 11.5 Å². The average molecular weight is 694 g/mol. The van der Waals surface area contributed by atoms with Gasteiger partial charge < -0.3 is 28.8 Å². The molecule has 0 radical (unpaired) electrons. The van der Waals surface area contributed by atoms with Crippen LogP contribution >= 0.6 is 0 Å². The number of amides is 1. The maximum atomic E-state index is 14.0. The minimum atomic E-state index is -0.451. The molecule has 0 atom stereocenters. The molecule has 1 aliphatic carbocycles. The van der Waals surface area contributed by atoms with E-state index in [0.29, 0.717) is 58.8 Å². The van der Waals surface area contributed by atoms with Crippen LogP contribution in [0.5, 0.6) is 0 Å². The molecule has 51 heavy (non-hydrogen) atoms. The van der Waals surface area contributed by atoms with Crippen molar-refractivity contribution in [3.8, 4) is 11.1 Å². The smallest absolute Gasteiger partial charge is 0.302 e. The number of hydrogen-bond acceptors (Lipinski definition) is 11. The van der Waals surface area contributed by atoms with Gasteiger partial charge in [0.2, 0.25) is 0 Å². The molecule has 4 aromatic heterocycles. The van der Waals surface area contributed by atoms with Crippen LogP contribution in [-0.2, 0) is 47.3 Å². The van der Waals surface area contributed by atoms with Gasteiger partial charge in [-0.05, 0) is 47.6 Å². The number of esters is 1. The Balaban J connectivity index is 1.06. The summed E-state index contributed by atoms with van der Waals surface area (Å²) in [5, 5.41) is 3.16. The van der Waals surface area contributed by atoms with Crippen molar-refractivity contribution in [2.24, 2.45) is 12.5 Å². The lowest BCUT2D eigenvalue weighted by atomic mass is 9.90. The van der Waals surface area contributed by atoms with E-state index in [9.17, 15) is 14.4 Å². The molecule has 3 aliphatic heterocycles. The summed E-state index contributed by atoms with van der Waals surface area (Å²) in [7, 11) is 1.68. The zero-order chi connectivity index (χ0) is 35.4. The Morgan fingerprint density at radius 2 is 1.82 bits per heavy atom. The number of carbonyl (C=O) groups is 2. The monoisotopic (exact) mass is 693 g/mol. The number of ether oxygens (including phenoxy) is 2. The fourth-order valence-electron chi connectivity index (χ4n) is 7.80. The second kappa shape index (κ2) is 12.9. The first-order chi connectivity index (χ1) is 24.5. The van der Waals surface area contributed by atoms with Crippen LogP contribution in [0.2, 0.25) is 0 Å². The van der Waals surface area contributed by atoms with Crippen molar-refractivity contribution in [3.05, 3.63) is 75.9 Å². The van der Waals surface area contributed by atoms with E-state index < -0.39 is 5.97 Å². The number of aryl methyl sites for hydroxylation is 1. The number of carbonyl (C=O) groups excluding carboxylic acids is 2. The van der Waals surface area contributed by atoms with Crippen LogP contribution in [0.1, 0.15) is 48.1 Å². The quantitative estimate of drug-likeness (QED) is 0.272. The molecule has 0 aromatic carbocycles. The van der Waals surface area contributed by atoms with Gasteiger partial charge in [0, 0.05) is 82.5 Å². The minimum absolute atomic E-state index is 0.0927. The largest absolute Gasteiger partial charge is 0.461 e. The highest BCUT2D eigenvalue weighted by Crippen LogP contribution is 2.40. The molecule has 0 spiro atoms. The maximum Gasteiger partial charge on any atom is 0.302 e. The third kappa shape index (κ3) is 6.27. The highest BCUT2D eigenvalue weighted by Gasteiger charge is 2.38. The zero-order valence-corrected chi connectivity index (χ0v) is 29.5. The molecule has 2 fully saturated rings. The number of nitrogens with one attached hydrogen (secondary N) is 1. The summed E-state index contributed by atoms with van der Waals surface area (Å²) in [6.07, 6.45) is 8.62. The zero-order valence-electron chi connectivity index (χ0n) is 29.5. The van der Waals surface area contributed by atoms with E-state index in [1.807, 2.05) is 12.1 Å². The first-order valence-electron chi connectivity index (χ1n) is 17.6. The molecule has 7 heterocycles. The molecule has 8 rings (SSSR count). The molecule has 14 nitrogen and oxygen atoms in total. The van der Waals surface area contributed by atoms with E-state index in [1.54, 1.807) is 42.8 Å². The van der Waals surface area contributed by atoms with Crippen LogP contribution in [0.4, 0.5) is 23.1 Å². The van der Waals surface area contributed by atoms with Crippen LogP contribution < -0.4 is 20.7 Å². The van der Waals surface area contributed by atoms with Gasteiger partial charge in [-0.3, -0.25) is 24.2 Å². The van der Waals surface area contributed by atoms with Gasteiger partial charge in [-0.2, -0.15) is 0 Å². The molecule has 4 aliphatic rings. The number of rotatable bonds is 8. The van der Waals surface area contributed by atoms with Crippen LogP contribution in [0.15, 0.2) is 47.8 Å². The Kier molecular flexibility index (Phi) is 8.38. The topological polar surface area (TPSA) is 140 Å². The van der Waals surface area contributed by atoms with Gasteiger partial charge in [0.05, 0.1) is 31.6 Å². The summed E-state index contributed by atoms with van der Waals surface area (Å²) in [5.74, 6) is 1.07. The molecule has 266 valence electrons. The Labute approximate surface area is 296 Å². The van der Waals surface area contributed by atoms with Gasteiger partial charge in [0.15, 0.2) is 0 Å². The third-order valence-electron chi connectivity index (χ3n) is 10.5. The van der Waals surface area contributed by atoms with Crippen molar-refractivity contribution >= 4 is 35.0 Å². The summed E-state index contributed by atoms with van der Waals surface area (Å²) in [4.78, 5) is 59.7. The van der Waals surface area contributed by atoms with Crippen molar-refractivity contribution < 1.29 is 19.1 Å². The minimum Gasteiger partial charge on any atom is -0.461 e. The van der Waals surface area contributed by atoms with Crippen LogP contribution in [0.3, 0.4) is 0 Å². The van der Waals surface area contributed by atoms with Crippen molar-refractivity contribution in [3.63, 3.8) is 0 Å². The number of pyridine rings is 2. The number of aromatic nitrogens is 5. The second-order valence-electron chi connectivity index (χ2n) is 14.7. The highest BCUT2D eigenvalue weighted by molar-refractivity contribution is 6.06. The van der Waals surface area contributed by atoms with E-state index in [4.69, 9.17) is 9.47 Å². The lowest BCUT2D eigenvalue weighted by molar-refractivity contribution is -0.142. The Morgan fingerprint density at radius 1 is 1.02 bits per heavy atom. The number of piperazine rings is 1. The Morgan fingerprint density at radius 3 is 2.53 bits per heavy atom. The van der Waals surface area contributed by atoms with Gasteiger partial charge in [-0.25, -0.2) is 15.0 Å². The Hall–Kier alpha value is -5.08. The molecule has 4 aromatic rings. The molecule has 1 amide bonds. The van der Waals surface area contributed by atoms with Crippen LogP contribution in [0.25, 0.3) is 11.1 Å². The second-order valence-corrected chi connectivity index (χ2v) is 14.7. The molecular formula is C37H43N9O5. The van der Waals surface area contributed by atoms with E-state index in [1.165, 1.54) is 22.7 Å². The van der Waals surface area contributed by atoms with Crippen LogP contribution in [-0.4, -0.2) is 92.8 Å². The summed E-state index contributed by atoms with van der Waals surface area (Å²) in [6, 6.07) is 6.10. The summed E-state index contributed by atoms with van der Waals surface area (Å²) < 4.78 is 14.5. The Bertz CT molecular complexity index is 2060. The number of nitrogens with zero attached hydrogens (tertiary/aromatic N) is 8. The average Bonchev–Trinajstić information content (AvgIpc) is 3.58. The summed E-state index contributed by atoms with van der Waals surface area (Å²) in [6.45, 7) is 12.1. The first-order valence-corrected chi connectivity index (χ1v) is 17.6. The van der Waals surface area contributed by atoms with Gasteiger partial charge >= 0.3 is 5.97 Å². The number of hydrogen-bond donors (Lipinski definition) is 1. The predicted molar refractivity (Wildman–Crippen MR) is 191 cm³/mol. The lowest BCUT2D eigenvalue weighted by Gasteiger charge is -2.42. The van der Waals surface area contributed by atoms with Gasteiger partial charge in [-0.1, -0.05) is 13.8 Å². The number of fused-ring (bicyclic) bond motifs is 3. The fourth-order valence-corrected chi connectivity index (χ4v) is 7.80. The van der Waals surface area contributed by atoms with Gasteiger partial charge in [0.1, 0.15) is 35.4 Å². The molecule has 2 saturated heterocycles. The predicted octanol–water partition coefficient (Wildman–Crippen LogP) is 3.15. The molecule has 14 heteroatoms. The van der Waals surface area contributed by atoms with Crippen molar-refractivity contribution in [2.45, 2.75) is 52.8 Å². The normalized spacial score (nSPS) is 18.7. The molecule has 0 bridgehead atoms. The van der Waals surface area contributed by atoms with E-state index in [0.717, 1.165) is 58.1 Å². The van der Waals surface area contributed by atoms with Crippen molar-refractivity contribution in [1.82, 2.24) is 29.0 Å².